The van der Waals surface area contributed by atoms with Gasteiger partial charge in [-0.25, -0.2) is 4.98 Å². The highest BCUT2D eigenvalue weighted by atomic mass is 14.9. The Morgan fingerprint density at radius 1 is 1.45 bits per heavy atom. The molecule has 0 saturated heterocycles. The van der Waals surface area contributed by atoms with Gasteiger partial charge >= 0.3 is 0 Å². The van der Waals surface area contributed by atoms with Gasteiger partial charge in [0.2, 0.25) is 0 Å². The molecular weight excluding hydrogens is 136 g/mol. The highest BCUT2D eigenvalue weighted by Crippen LogP contribution is 2.11. The van der Waals surface area contributed by atoms with Crippen LogP contribution in [0.2, 0.25) is 0 Å². The van der Waals surface area contributed by atoms with E-state index in [0.29, 0.717) is 0 Å². The van der Waals surface area contributed by atoms with E-state index in [9.17, 15) is 0 Å². The number of hydrogen-bond acceptors (Lipinski definition) is 1. The molecule has 1 aliphatic rings. The Morgan fingerprint density at radius 2 is 2.36 bits per heavy atom. The predicted octanol–water partition coefficient (Wildman–Crippen LogP) is 1.84. The maximum absolute atomic E-state index is 4.33. The number of hydrogen-bond donors (Lipinski definition) is 1. The van der Waals surface area contributed by atoms with E-state index in [1.54, 1.807) is 0 Å². The molecule has 2 rings (SSSR count). The molecular formula is C9H10N2. The van der Waals surface area contributed by atoms with Gasteiger partial charge in [0.15, 0.2) is 0 Å². The van der Waals surface area contributed by atoms with Gasteiger partial charge in [-0.15, -0.1) is 0 Å². The number of H-pyrrole nitrogens is 1. The third-order valence-electron chi connectivity index (χ3n) is 1.75. The molecule has 0 fully saturated rings. The predicted molar refractivity (Wildman–Crippen MR) is 45.2 cm³/mol. The van der Waals surface area contributed by atoms with Crippen molar-refractivity contribution in [1.82, 2.24) is 9.97 Å². The minimum Gasteiger partial charge on any atom is -0.345 e. The van der Waals surface area contributed by atoms with Crippen molar-refractivity contribution < 1.29 is 0 Å². The summed E-state index contributed by atoms with van der Waals surface area (Å²) in [4.78, 5) is 7.55. The summed E-state index contributed by atoms with van der Waals surface area (Å²) in [5.41, 5.74) is 2.29. The zero-order chi connectivity index (χ0) is 7.68. The fraction of sp³-hybridized carbons (Fsp3) is 0.222. The van der Waals surface area contributed by atoms with Gasteiger partial charge in [-0.3, -0.25) is 0 Å². The first kappa shape index (κ1) is 6.40. The summed E-state index contributed by atoms with van der Waals surface area (Å²) in [5, 5.41) is 0. The lowest BCUT2D eigenvalue weighted by Crippen LogP contribution is -1.82. The Morgan fingerprint density at radius 3 is 3.27 bits per heavy atom. The maximum Gasteiger partial charge on any atom is 0.103 e. The van der Waals surface area contributed by atoms with E-state index in [0.717, 1.165) is 17.9 Å². The lowest BCUT2D eigenvalue weighted by atomic mass is 10.2. The van der Waals surface area contributed by atoms with Gasteiger partial charge in [0.25, 0.3) is 0 Å². The standard InChI is InChI=1S/C9H10N2/c1-7-10-8-5-3-2-4-6-9(8)11-7/h2-5H,6H2,1H3,(H,10,11). The van der Waals surface area contributed by atoms with Crippen LogP contribution in [0, 0.1) is 6.92 Å². The number of nitrogens with zero attached hydrogens (tertiary/aromatic N) is 1. The van der Waals surface area contributed by atoms with E-state index < -0.39 is 0 Å². The van der Waals surface area contributed by atoms with Crippen LogP contribution >= 0.6 is 0 Å². The molecule has 0 radical (unpaired) electrons. The van der Waals surface area contributed by atoms with Crippen molar-refractivity contribution in [3.8, 4) is 0 Å². The van der Waals surface area contributed by atoms with Crippen LogP contribution in [0.15, 0.2) is 18.2 Å². The first-order chi connectivity index (χ1) is 5.36. The van der Waals surface area contributed by atoms with Gasteiger partial charge in [-0.1, -0.05) is 18.2 Å². The molecule has 1 aliphatic carbocycles. The third kappa shape index (κ3) is 1.11. The highest BCUT2D eigenvalue weighted by molar-refractivity contribution is 5.52. The summed E-state index contributed by atoms with van der Waals surface area (Å²) in [6, 6.07) is 0. The summed E-state index contributed by atoms with van der Waals surface area (Å²) in [6.07, 6.45) is 9.18. The largest absolute Gasteiger partial charge is 0.345 e. The zero-order valence-corrected chi connectivity index (χ0v) is 6.46. The van der Waals surface area contributed by atoms with Crippen molar-refractivity contribution in [2.24, 2.45) is 0 Å². The van der Waals surface area contributed by atoms with Crippen LogP contribution in [-0.4, -0.2) is 9.97 Å². The lowest BCUT2D eigenvalue weighted by Gasteiger charge is -1.88. The third-order valence-corrected chi connectivity index (χ3v) is 1.75. The molecule has 56 valence electrons. The Balaban J connectivity index is 2.51. The molecule has 1 aromatic heterocycles. The second-order valence-electron chi connectivity index (χ2n) is 2.68. The minimum atomic E-state index is 0.961. The molecule has 0 atom stereocenters. The summed E-state index contributed by atoms with van der Waals surface area (Å²) in [5.74, 6) is 0.995. The molecule has 1 aromatic rings. The van der Waals surface area contributed by atoms with Crippen molar-refractivity contribution in [3.05, 3.63) is 35.4 Å². The van der Waals surface area contributed by atoms with E-state index in [-0.39, 0.29) is 0 Å². The molecule has 0 bridgehead atoms. The Labute approximate surface area is 65.7 Å². The quantitative estimate of drug-likeness (QED) is 0.594. The number of aryl methyl sites for hydroxylation is 1. The summed E-state index contributed by atoms with van der Waals surface area (Å²) < 4.78 is 0. The Bertz CT molecular complexity index is 318. The first-order valence-electron chi connectivity index (χ1n) is 3.75. The SMILES string of the molecule is Cc1nc2c([nH]1)CC=CC=C2. The van der Waals surface area contributed by atoms with Crippen LogP contribution in [-0.2, 0) is 6.42 Å². The van der Waals surface area contributed by atoms with Crippen molar-refractivity contribution >= 4 is 6.08 Å². The number of imidazole rings is 1. The molecule has 0 saturated carbocycles. The molecule has 2 nitrogen and oxygen atoms in total. The molecule has 11 heavy (non-hydrogen) atoms. The second kappa shape index (κ2) is 2.38. The van der Waals surface area contributed by atoms with Crippen LogP contribution < -0.4 is 0 Å². The molecule has 0 aliphatic heterocycles. The number of fused-ring (bicyclic) bond motifs is 1. The fourth-order valence-electron chi connectivity index (χ4n) is 1.26. The van der Waals surface area contributed by atoms with E-state index in [1.807, 2.05) is 25.2 Å². The van der Waals surface area contributed by atoms with E-state index >= 15 is 0 Å². The Hall–Kier alpha value is -1.31. The number of rotatable bonds is 0. The van der Waals surface area contributed by atoms with E-state index in [4.69, 9.17) is 0 Å². The molecule has 1 N–H and O–H groups in total. The van der Waals surface area contributed by atoms with Gasteiger partial charge in [0.05, 0.1) is 5.69 Å². The number of aromatic nitrogens is 2. The van der Waals surface area contributed by atoms with E-state index in [2.05, 4.69) is 16.0 Å². The van der Waals surface area contributed by atoms with Gasteiger partial charge in [0, 0.05) is 12.1 Å². The number of aromatic amines is 1. The molecule has 0 unspecified atom stereocenters. The van der Waals surface area contributed by atoms with Crippen molar-refractivity contribution in [1.29, 1.82) is 0 Å². The summed E-state index contributed by atoms with van der Waals surface area (Å²) in [7, 11) is 0. The summed E-state index contributed by atoms with van der Waals surface area (Å²) in [6.45, 7) is 1.98. The lowest BCUT2D eigenvalue weighted by molar-refractivity contribution is 1.09. The molecule has 0 spiro atoms. The molecule has 0 amide bonds. The maximum atomic E-state index is 4.33. The van der Waals surface area contributed by atoms with Gasteiger partial charge < -0.3 is 4.98 Å². The molecule has 1 heterocycles. The van der Waals surface area contributed by atoms with Crippen LogP contribution in [0.25, 0.3) is 6.08 Å². The van der Waals surface area contributed by atoms with Crippen molar-refractivity contribution in [2.45, 2.75) is 13.3 Å². The average molecular weight is 146 g/mol. The fourth-order valence-corrected chi connectivity index (χ4v) is 1.26. The smallest absolute Gasteiger partial charge is 0.103 e. The van der Waals surface area contributed by atoms with Crippen LogP contribution in [0.1, 0.15) is 17.2 Å². The normalized spacial score (nSPS) is 14.6. The van der Waals surface area contributed by atoms with Gasteiger partial charge in [-0.05, 0) is 13.0 Å². The van der Waals surface area contributed by atoms with Gasteiger partial charge in [0.1, 0.15) is 5.82 Å². The van der Waals surface area contributed by atoms with E-state index in [1.165, 1.54) is 5.69 Å². The van der Waals surface area contributed by atoms with Gasteiger partial charge in [-0.2, -0.15) is 0 Å². The first-order valence-corrected chi connectivity index (χ1v) is 3.75. The zero-order valence-electron chi connectivity index (χ0n) is 6.46. The average Bonchev–Trinajstić information content (AvgIpc) is 2.17. The number of nitrogens with one attached hydrogen (secondary N) is 1. The Kier molecular flexibility index (Phi) is 1.39. The molecule has 0 aromatic carbocycles. The summed E-state index contributed by atoms with van der Waals surface area (Å²) >= 11 is 0. The second-order valence-corrected chi connectivity index (χ2v) is 2.68. The van der Waals surface area contributed by atoms with Crippen LogP contribution in [0.5, 0.6) is 0 Å². The topological polar surface area (TPSA) is 28.7 Å². The molecule has 2 heteroatoms. The monoisotopic (exact) mass is 146 g/mol. The van der Waals surface area contributed by atoms with Crippen molar-refractivity contribution in [3.63, 3.8) is 0 Å². The number of allylic oxidation sites excluding steroid dienone is 3. The van der Waals surface area contributed by atoms with Crippen molar-refractivity contribution in [2.75, 3.05) is 0 Å². The highest BCUT2D eigenvalue weighted by Gasteiger charge is 2.03. The van der Waals surface area contributed by atoms with Crippen LogP contribution in [0.4, 0.5) is 0 Å². The van der Waals surface area contributed by atoms with Crippen LogP contribution in [0.3, 0.4) is 0 Å². The minimum absolute atomic E-state index is 0.961.